The highest BCUT2D eigenvalue weighted by Crippen LogP contribution is 2.26. The number of hydrogen-bond donors (Lipinski definition) is 1. The van der Waals surface area contributed by atoms with Crippen LogP contribution in [0.25, 0.3) is 0 Å². The molecule has 2 heterocycles. The molecule has 17 heavy (non-hydrogen) atoms. The minimum Gasteiger partial charge on any atom is -0.378 e. The van der Waals surface area contributed by atoms with Crippen molar-refractivity contribution < 1.29 is 13.2 Å². The van der Waals surface area contributed by atoms with Gasteiger partial charge in [-0.2, -0.15) is 0 Å². The molecule has 100 valence electrons. The lowest BCUT2D eigenvalue weighted by molar-refractivity contribution is 0.0980. The predicted molar refractivity (Wildman–Crippen MR) is 67.8 cm³/mol. The summed E-state index contributed by atoms with van der Waals surface area (Å²) in [5.41, 5.74) is 0. The molecule has 2 aliphatic rings. The van der Waals surface area contributed by atoms with E-state index in [4.69, 9.17) is 4.74 Å². The van der Waals surface area contributed by atoms with Crippen LogP contribution in [-0.4, -0.2) is 45.7 Å². The molecule has 1 N–H and O–H groups in total. The quantitative estimate of drug-likeness (QED) is 0.801. The van der Waals surface area contributed by atoms with E-state index in [1.165, 1.54) is 12.8 Å². The summed E-state index contributed by atoms with van der Waals surface area (Å²) in [5, 5.41) is 3.29. The molecule has 5 heteroatoms. The third-order valence-corrected chi connectivity index (χ3v) is 5.82. The van der Waals surface area contributed by atoms with Crippen LogP contribution in [-0.2, 0) is 14.6 Å². The molecule has 4 nitrogen and oxygen atoms in total. The maximum atomic E-state index is 11.5. The Bertz CT molecular complexity index is 336. The molecule has 2 rings (SSSR count). The summed E-state index contributed by atoms with van der Waals surface area (Å²) >= 11 is 0. The van der Waals surface area contributed by atoms with Gasteiger partial charge in [-0.3, -0.25) is 0 Å². The molecular formula is C12H23NO3S. The second-order valence-corrected chi connectivity index (χ2v) is 7.50. The Hall–Kier alpha value is -0.130. The van der Waals surface area contributed by atoms with Crippen molar-refractivity contribution >= 4 is 9.84 Å². The summed E-state index contributed by atoms with van der Waals surface area (Å²) in [4.78, 5) is 0. The topological polar surface area (TPSA) is 55.4 Å². The largest absolute Gasteiger partial charge is 0.378 e. The lowest BCUT2D eigenvalue weighted by atomic mass is 9.93. The average Bonchev–Trinajstić information content (AvgIpc) is 2.89. The van der Waals surface area contributed by atoms with E-state index in [1.807, 2.05) is 7.05 Å². The normalized spacial score (nSPS) is 33.9. The first-order chi connectivity index (χ1) is 8.11. The van der Waals surface area contributed by atoms with Gasteiger partial charge in [0.25, 0.3) is 0 Å². The van der Waals surface area contributed by atoms with Crippen molar-refractivity contribution in [3.63, 3.8) is 0 Å². The fourth-order valence-corrected chi connectivity index (χ4v) is 4.87. The molecule has 0 bridgehead atoms. The first-order valence-electron chi connectivity index (χ1n) is 6.60. The summed E-state index contributed by atoms with van der Waals surface area (Å²) in [6.45, 7) is 0.896. The van der Waals surface area contributed by atoms with Gasteiger partial charge in [0.05, 0.1) is 17.6 Å². The molecule has 2 fully saturated rings. The van der Waals surface area contributed by atoms with Crippen LogP contribution in [0.15, 0.2) is 0 Å². The molecule has 3 unspecified atom stereocenters. The molecule has 0 aromatic carbocycles. The van der Waals surface area contributed by atoms with Gasteiger partial charge in [0.15, 0.2) is 9.84 Å². The fourth-order valence-electron chi connectivity index (χ4n) is 2.99. The van der Waals surface area contributed by atoms with Gasteiger partial charge in [0.1, 0.15) is 0 Å². The number of hydrogen-bond acceptors (Lipinski definition) is 4. The SMILES string of the molecule is CNC(CCC1CCCO1)C1CCS(=O)(=O)C1. The van der Waals surface area contributed by atoms with Crippen LogP contribution in [0.4, 0.5) is 0 Å². The molecule has 0 aromatic rings. The Morgan fingerprint density at radius 3 is 2.76 bits per heavy atom. The number of sulfone groups is 1. The molecule has 0 aromatic heterocycles. The van der Waals surface area contributed by atoms with Gasteiger partial charge < -0.3 is 10.1 Å². The number of rotatable bonds is 5. The average molecular weight is 261 g/mol. The molecule has 3 atom stereocenters. The minimum absolute atomic E-state index is 0.298. The van der Waals surface area contributed by atoms with Crippen LogP contribution in [0.5, 0.6) is 0 Å². The van der Waals surface area contributed by atoms with E-state index in [2.05, 4.69) is 5.32 Å². The zero-order valence-electron chi connectivity index (χ0n) is 10.5. The minimum atomic E-state index is -2.76. The van der Waals surface area contributed by atoms with E-state index in [0.29, 0.717) is 29.6 Å². The Kier molecular flexibility index (Phi) is 4.44. The van der Waals surface area contributed by atoms with Crippen molar-refractivity contribution in [3.8, 4) is 0 Å². The summed E-state index contributed by atoms with van der Waals surface area (Å²) in [6.07, 6.45) is 5.65. The van der Waals surface area contributed by atoms with Crippen molar-refractivity contribution in [1.29, 1.82) is 0 Å². The fraction of sp³-hybridized carbons (Fsp3) is 1.00. The molecule has 2 aliphatic heterocycles. The highest BCUT2D eigenvalue weighted by Gasteiger charge is 2.33. The summed E-state index contributed by atoms with van der Waals surface area (Å²) in [6, 6.07) is 0.330. The van der Waals surface area contributed by atoms with Gasteiger partial charge in [0, 0.05) is 12.6 Å². The van der Waals surface area contributed by atoms with Crippen LogP contribution in [0, 0.1) is 5.92 Å². The zero-order valence-corrected chi connectivity index (χ0v) is 11.3. The Morgan fingerprint density at radius 2 is 2.24 bits per heavy atom. The third-order valence-electron chi connectivity index (χ3n) is 4.03. The van der Waals surface area contributed by atoms with Gasteiger partial charge in [-0.15, -0.1) is 0 Å². The van der Waals surface area contributed by atoms with Gasteiger partial charge >= 0.3 is 0 Å². The third kappa shape index (κ3) is 3.66. The van der Waals surface area contributed by atoms with E-state index in [-0.39, 0.29) is 0 Å². The van der Waals surface area contributed by atoms with Crippen LogP contribution < -0.4 is 5.32 Å². The van der Waals surface area contributed by atoms with Gasteiger partial charge in [-0.25, -0.2) is 8.42 Å². The monoisotopic (exact) mass is 261 g/mol. The van der Waals surface area contributed by atoms with Gasteiger partial charge in [-0.05, 0) is 45.1 Å². The molecule has 0 amide bonds. The smallest absolute Gasteiger partial charge is 0.150 e. The van der Waals surface area contributed by atoms with E-state index < -0.39 is 9.84 Å². The highest BCUT2D eigenvalue weighted by molar-refractivity contribution is 7.91. The number of nitrogens with one attached hydrogen (secondary N) is 1. The molecule has 0 radical (unpaired) electrons. The van der Waals surface area contributed by atoms with Crippen molar-refractivity contribution in [3.05, 3.63) is 0 Å². The number of ether oxygens (including phenoxy) is 1. The predicted octanol–water partition coefficient (Wildman–Crippen LogP) is 0.968. The molecule has 0 saturated carbocycles. The molecule has 0 spiro atoms. The maximum Gasteiger partial charge on any atom is 0.150 e. The molecule has 0 aliphatic carbocycles. The first kappa shape index (κ1) is 13.3. The summed E-state index contributed by atoms with van der Waals surface area (Å²) < 4.78 is 28.5. The maximum absolute atomic E-state index is 11.5. The van der Waals surface area contributed by atoms with E-state index in [9.17, 15) is 8.42 Å². The van der Waals surface area contributed by atoms with E-state index in [1.54, 1.807) is 0 Å². The Morgan fingerprint density at radius 1 is 1.41 bits per heavy atom. The van der Waals surface area contributed by atoms with Crippen LogP contribution in [0.2, 0.25) is 0 Å². The second kappa shape index (κ2) is 5.67. The van der Waals surface area contributed by atoms with Gasteiger partial charge in [-0.1, -0.05) is 0 Å². The Labute approximate surface area is 104 Å². The molecular weight excluding hydrogens is 238 g/mol. The van der Waals surface area contributed by atoms with E-state index >= 15 is 0 Å². The highest BCUT2D eigenvalue weighted by atomic mass is 32.2. The lowest BCUT2D eigenvalue weighted by Gasteiger charge is -2.23. The second-order valence-electron chi connectivity index (χ2n) is 5.27. The lowest BCUT2D eigenvalue weighted by Crippen LogP contribution is -2.35. The summed E-state index contributed by atoms with van der Waals surface area (Å²) in [7, 11) is -0.824. The van der Waals surface area contributed by atoms with E-state index in [0.717, 1.165) is 25.9 Å². The van der Waals surface area contributed by atoms with Crippen molar-refractivity contribution in [2.45, 2.75) is 44.2 Å². The molecule has 2 saturated heterocycles. The van der Waals surface area contributed by atoms with Crippen molar-refractivity contribution in [1.82, 2.24) is 5.32 Å². The standard InChI is InChI=1S/C12H23NO3S/c1-13-12(5-4-11-3-2-7-16-11)10-6-8-17(14,15)9-10/h10-13H,2-9H2,1H3. The van der Waals surface area contributed by atoms with Crippen LogP contribution in [0.3, 0.4) is 0 Å². The first-order valence-corrected chi connectivity index (χ1v) is 8.42. The van der Waals surface area contributed by atoms with Crippen molar-refractivity contribution in [2.75, 3.05) is 25.2 Å². The zero-order chi connectivity index (χ0) is 12.3. The van der Waals surface area contributed by atoms with Crippen LogP contribution in [0.1, 0.15) is 32.1 Å². The van der Waals surface area contributed by atoms with Crippen LogP contribution >= 0.6 is 0 Å². The Balaban J connectivity index is 1.80. The van der Waals surface area contributed by atoms with Gasteiger partial charge in [0.2, 0.25) is 0 Å². The summed E-state index contributed by atoms with van der Waals surface area (Å²) in [5.74, 6) is 1.03. The van der Waals surface area contributed by atoms with Crippen molar-refractivity contribution in [2.24, 2.45) is 5.92 Å².